The molecule has 0 amide bonds. The number of benzene rings is 2. The Morgan fingerprint density at radius 3 is 2.59 bits per heavy atom. The molecule has 2 heteroatoms. The molecule has 0 spiro atoms. The van der Waals surface area contributed by atoms with Crippen LogP contribution in [0.25, 0.3) is 21.7 Å². The van der Waals surface area contributed by atoms with Crippen molar-refractivity contribution in [3.8, 4) is 0 Å². The summed E-state index contributed by atoms with van der Waals surface area (Å²) < 4.78 is 1.13. The van der Waals surface area contributed by atoms with Gasteiger partial charge in [-0.2, -0.15) is 0 Å². The fourth-order valence-corrected chi connectivity index (χ4v) is 2.74. The Labute approximate surface area is 109 Å². The highest BCUT2D eigenvalue weighted by Gasteiger charge is 2.05. The summed E-state index contributed by atoms with van der Waals surface area (Å²) in [6, 6.07) is 14.8. The van der Waals surface area contributed by atoms with Crippen molar-refractivity contribution in [2.75, 3.05) is 0 Å². The van der Waals surface area contributed by atoms with E-state index in [4.69, 9.17) is 4.98 Å². The second kappa shape index (κ2) is 4.11. The molecule has 0 aliphatic carbocycles. The van der Waals surface area contributed by atoms with Crippen LogP contribution in [0.5, 0.6) is 0 Å². The van der Waals surface area contributed by atoms with Gasteiger partial charge in [0.25, 0.3) is 0 Å². The van der Waals surface area contributed by atoms with E-state index >= 15 is 0 Å². The van der Waals surface area contributed by atoms with Gasteiger partial charge in [-0.15, -0.1) is 0 Å². The molecule has 1 nitrogen and oxygen atoms in total. The number of nitrogens with zero attached hydrogens (tertiary/aromatic N) is 1. The third-order valence-electron chi connectivity index (χ3n) is 3.07. The molecule has 0 atom stereocenters. The van der Waals surface area contributed by atoms with E-state index in [1.54, 1.807) is 0 Å². The van der Waals surface area contributed by atoms with Crippen LogP contribution in [0.2, 0.25) is 0 Å². The maximum absolute atomic E-state index is 4.74. The number of hydrogen-bond acceptors (Lipinski definition) is 1. The molecule has 0 saturated heterocycles. The van der Waals surface area contributed by atoms with Gasteiger partial charge < -0.3 is 0 Å². The Balaban J connectivity index is 2.51. The number of hydrogen-bond donors (Lipinski definition) is 0. The van der Waals surface area contributed by atoms with Gasteiger partial charge in [-0.05, 0) is 23.9 Å². The predicted octanol–water partition coefficient (Wildman–Crippen LogP) is 4.71. The van der Waals surface area contributed by atoms with Crippen LogP contribution >= 0.6 is 15.9 Å². The summed E-state index contributed by atoms with van der Waals surface area (Å²) in [4.78, 5) is 4.74. The monoisotopic (exact) mass is 285 g/mol. The largest absolute Gasteiger partial charge is 0.252 e. The van der Waals surface area contributed by atoms with Gasteiger partial charge in [0.15, 0.2) is 0 Å². The van der Waals surface area contributed by atoms with Crippen molar-refractivity contribution in [3.63, 3.8) is 0 Å². The summed E-state index contributed by atoms with van der Waals surface area (Å²) in [5.74, 6) is 0. The van der Waals surface area contributed by atoms with E-state index in [1.165, 1.54) is 16.2 Å². The Kier molecular flexibility index (Phi) is 2.60. The zero-order valence-corrected chi connectivity index (χ0v) is 11.2. The van der Waals surface area contributed by atoms with Crippen LogP contribution in [0.3, 0.4) is 0 Å². The van der Waals surface area contributed by atoms with Crippen molar-refractivity contribution in [1.29, 1.82) is 0 Å². The van der Waals surface area contributed by atoms with Crippen molar-refractivity contribution >= 4 is 37.6 Å². The van der Waals surface area contributed by atoms with E-state index in [1.807, 2.05) is 0 Å². The number of aryl methyl sites for hydroxylation is 1. The smallest absolute Gasteiger partial charge is 0.0784 e. The molecular weight excluding hydrogens is 274 g/mol. The normalized spacial score (nSPS) is 11.2. The van der Waals surface area contributed by atoms with Crippen LogP contribution in [-0.2, 0) is 6.42 Å². The molecule has 2 aromatic carbocycles. The molecule has 0 bridgehead atoms. The second-order valence-corrected chi connectivity index (χ2v) is 4.99. The zero-order chi connectivity index (χ0) is 11.8. The van der Waals surface area contributed by atoms with E-state index < -0.39 is 0 Å². The molecule has 0 N–H and O–H groups in total. The number of halogens is 1. The first-order valence-electron chi connectivity index (χ1n) is 5.76. The summed E-state index contributed by atoms with van der Waals surface area (Å²) in [6.45, 7) is 2.13. The van der Waals surface area contributed by atoms with Gasteiger partial charge in [0.05, 0.1) is 5.52 Å². The molecule has 3 aromatic rings. The summed E-state index contributed by atoms with van der Waals surface area (Å²) in [7, 11) is 0. The van der Waals surface area contributed by atoms with Crippen LogP contribution in [0.15, 0.2) is 46.9 Å². The van der Waals surface area contributed by atoms with Gasteiger partial charge in [-0.25, -0.2) is 0 Å². The van der Waals surface area contributed by atoms with Gasteiger partial charge >= 0.3 is 0 Å². The maximum Gasteiger partial charge on any atom is 0.0784 e. The lowest BCUT2D eigenvalue weighted by Gasteiger charge is -2.06. The fourth-order valence-electron chi connectivity index (χ4n) is 2.15. The molecule has 0 aliphatic rings. The molecule has 1 aromatic heterocycles. The number of fused-ring (bicyclic) bond motifs is 3. The minimum Gasteiger partial charge on any atom is -0.252 e. The molecule has 0 fully saturated rings. The standard InChI is InChI=1S/C15H12BrN/c1-2-11-8-7-10-9-14(16)12-5-3-4-6-13(12)15(10)17-11/h3-9H,2H2,1H3. The lowest BCUT2D eigenvalue weighted by Crippen LogP contribution is -1.89. The van der Waals surface area contributed by atoms with Crippen molar-refractivity contribution < 1.29 is 0 Å². The number of aromatic nitrogens is 1. The third kappa shape index (κ3) is 1.73. The quantitative estimate of drug-likeness (QED) is 0.590. The molecule has 3 rings (SSSR count). The first-order valence-corrected chi connectivity index (χ1v) is 6.56. The molecule has 1 heterocycles. The SMILES string of the molecule is CCc1ccc2cc(Br)c3ccccc3c2n1. The third-order valence-corrected chi connectivity index (χ3v) is 3.72. The predicted molar refractivity (Wildman–Crippen MR) is 76.3 cm³/mol. The second-order valence-electron chi connectivity index (χ2n) is 4.13. The minimum absolute atomic E-state index is 0.973. The highest BCUT2D eigenvalue weighted by atomic mass is 79.9. The molecule has 0 aliphatic heterocycles. The Bertz CT molecular complexity index is 704. The van der Waals surface area contributed by atoms with Crippen LogP contribution in [0.1, 0.15) is 12.6 Å². The zero-order valence-electron chi connectivity index (χ0n) is 9.57. The first kappa shape index (κ1) is 10.7. The highest BCUT2D eigenvalue weighted by molar-refractivity contribution is 9.10. The van der Waals surface area contributed by atoms with Gasteiger partial charge in [-0.1, -0.05) is 53.2 Å². The molecular formula is C15H12BrN. The average molecular weight is 286 g/mol. The lowest BCUT2D eigenvalue weighted by molar-refractivity contribution is 1.06. The van der Waals surface area contributed by atoms with E-state index in [2.05, 4.69) is 65.3 Å². The van der Waals surface area contributed by atoms with Crippen molar-refractivity contribution in [2.45, 2.75) is 13.3 Å². The number of rotatable bonds is 1. The minimum atomic E-state index is 0.973. The maximum atomic E-state index is 4.74. The first-order chi connectivity index (χ1) is 8.29. The van der Waals surface area contributed by atoms with Crippen molar-refractivity contribution in [3.05, 3.63) is 52.6 Å². The van der Waals surface area contributed by atoms with Crippen LogP contribution < -0.4 is 0 Å². The average Bonchev–Trinajstić information content (AvgIpc) is 2.39. The molecule has 0 radical (unpaired) electrons. The molecule has 0 unspecified atom stereocenters. The van der Waals surface area contributed by atoms with Gasteiger partial charge in [0.1, 0.15) is 0 Å². The van der Waals surface area contributed by atoms with Crippen LogP contribution in [0.4, 0.5) is 0 Å². The van der Waals surface area contributed by atoms with E-state index in [-0.39, 0.29) is 0 Å². The summed E-state index contributed by atoms with van der Waals surface area (Å²) in [6.07, 6.45) is 0.973. The summed E-state index contributed by atoms with van der Waals surface area (Å²) >= 11 is 3.63. The lowest BCUT2D eigenvalue weighted by atomic mass is 10.1. The fraction of sp³-hybridized carbons (Fsp3) is 0.133. The van der Waals surface area contributed by atoms with Gasteiger partial charge in [0, 0.05) is 20.9 Å². The van der Waals surface area contributed by atoms with E-state index in [9.17, 15) is 0 Å². The Morgan fingerprint density at radius 2 is 1.82 bits per heavy atom. The van der Waals surface area contributed by atoms with Gasteiger partial charge in [-0.3, -0.25) is 4.98 Å². The van der Waals surface area contributed by atoms with Crippen molar-refractivity contribution in [2.24, 2.45) is 0 Å². The summed E-state index contributed by atoms with van der Waals surface area (Å²) in [5, 5.41) is 3.63. The van der Waals surface area contributed by atoms with E-state index in [0.29, 0.717) is 0 Å². The molecule has 84 valence electrons. The Hall–Kier alpha value is -1.41. The van der Waals surface area contributed by atoms with E-state index in [0.717, 1.165) is 22.1 Å². The number of pyridine rings is 1. The topological polar surface area (TPSA) is 12.9 Å². The molecule has 0 saturated carbocycles. The highest BCUT2D eigenvalue weighted by Crippen LogP contribution is 2.30. The van der Waals surface area contributed by atoms with Crippen LogP contribution in [0, 0.1) is 0 Å². The molecule has 17 heavy (non-hydrogen) atoms. The van der Waals surface area contributed by atoms with Crippen LogP contribution in [-0.4, -0.2) is 4.98 Å². The Morgan fingerprint density at radius 1 is 1.06 bits per heavy atom. The van der Waals surface area contributed by atoms with Gasteiger partial charge in [0.2, 0.25) is 0 Å². The van der Waals surface area contributed by atoms with Crippen molar-refractivity contribution in [1.82, 2.24) is 4.98 Å². The summed E-state index contributed by atoms with van der Waals surface area (Å²) in [5.41, 5.74) is 2.24.